The van der Waals surface area contributed by atoms with Crippen LogP contribution in [0.3, 0.4) is 0 Å². The molecule has 2 heterocycles. The molecular weight excluding hydrogens is 328 g/mol. The van der Waals surface area contributed by atoms with Crippen molar-refractivity contribution in [1.82, 2.24) is 15.1 Å². The zero-order valence-corrected chi connectivity index (χ0v) is 14.8. The Bertz CT molecular complexity index is 824. The van der Waals surface area contributed by atoms with Gasteiger partial charge in [-0.1, -0.05) is 0 Å². The van der Waals surface area contributed by atoms with E-state index >= 15 is 0 Å². The minimum Gasteiger partial charge on any atom is -0.381 e. The van der Waals surface area contributed by atoms with Crippen LogP contribution in [0.4, 0.5) is 5.69 Å². The Morgan fingerprint density at radius 2 is 2.04 bits per heavy atom. The van der Waals surface area contributed by atoms with Gasteiger partial charge in [-0.05, 0) is 24.3 Å². The van der Waals surface area contributed by atoms with E-state index in [1.54, 1.807) is 16.8 Å². The lowest BCUT2D eigenvalue weighted by Crippen LogP contribution is -2.28. The maximum absolute atomic E-state index is 12.2. The van der Waals surface area contributed by atoms with Gasteiger partial charge in [0.1, 0.15) is 0 Å². The van der Waals surface area contributed by atoms with Gasteiger partial charge in [0.25, 0.3) is 5.91 Å². The highest BCUT2D eigenvalue weighted by molar-refractivity contribution is 5.94. The molecule has 0 radical (unpaired) electrons. The highest BCUT2D eigenvalue weighted by Crippen LogP contribution is 2.36. The maximum Gasteiger partial charge on any atom is 0.251 e. The highest BCUT2D eigenvalue weighted by atomic mass is 16.1. The Kier molecular flexibility index (Phi) is 5.32. The first-order valence-electron chi connectivity index (χ1n) is 8.57. The fourth-order valence-electron chi connectivity index (χ4n) is 2.65. The molecule has 0 saturated carbocycles. The summed E-state index contributed by atoms with van der Waals surface area (Å²) in [6, 6.07) is 7.40. The van der Waals surface area contributed by atoms with Crippen LogP contribution in [0.25, 0.3) is 0 Å². The highest BCUT2D eigenvalue weighted by Gasteiger charge is 2.38. The van der Waals surface area contributed by atoms with Crippen LogP contribution in [0.15, 0.2) is 46.9 Å². The second kappa shape index (κ2) is 7.83. The van der Waals surface area contributed by atoms with Crippen molar-refractivity contribution in [3.05, 3.63) is 47.8 Å². The van der Waals surface area contributed by atoms with Gasteiger partial charge in [-0.3, -0.25) is 9.48 Å². The number of carbonyl (C=O) groups excluding carboxylic acids is 1. The summed E-state index contributed by atoms with van der Waals surface area (Å²) in [6.45, 7) is 1.21. The average molecular weight is 350 g/mol. The predicted molar refractivity (Wildman–Crippen MR) is 99.6 cm³/mol. The summed E-state index contributed by atoms with van der Waals surface area (Å²) in [5.74, 6) is 2.50. The molecule has 1 aliphatic heterocycles. The van der Waals surface area contributed by atoms with E-state index in [4.69, 9.17) is 6.42 Å². The van der Waals surface area contributed by atoms with Gasteiger partial charge in [0.05, 0.1) is 6.20 Å². The van der Waals surface area contributed by atoms with Crippen molar-refractivity contribution in [2.24, 2.45) is 17.3 Å². The number of nitrogens with one attached hydrogen (secondary N) is 2. The summed E-state index contributed by atoms with van der Waals surface area (Å²) in [4.78, 5) is 12.2. The van der Waals surface area contributed by atoms with Gasteiger partial charge in [0.2, 0.25) is 0 Å². The van der Waals surface area contributed by atoms with Crippen LogP contribution in [-0.2, 0) is 13.6 Å². The predicted octanol–water partition coefficient (Wildman–Crippen LogP) is 2.73. The summed E-state index contributed by atoms with van der Waals surface area (Å²) in [6.07, 6.45) is 11.1. The molecule has 0 unspecified atom stereocenters. The van der Waals surface area contributed by atoms with E-state index in [1.807, 2.05) is 31.6 Å². The number of hydrogen-bond acceptors (Lipinski definition) is 5. The lowest BCUT2D eigenvalue weighted by atomic mass is 10.0. The minimum absolute atomic E-state index is 0.100. The van der Waals surface area contributed by atoms with Crippen LogP contribution in [-0.4, -0.2) is 27.9 Å². The molecular formula is C19H22N6O. The van der Waals surface area contributed by atoms with Crippen molar-refractivity contribution >= 4 is 11.6 Å². The first kappa shape index (κ1) is 17.7. The molecule has 26 heavy (non-hydrogen) atoms. The molecule has 0 spiro atoms. The molecule has 3 rings (SSSR count). The Balaban J connectivity index is 1.42. The minimum atomic E-state index is -0.361. The molecule has 0 bridgehead atoms. The molecule has 0 fully saturated rings. The topological polar surface area (TPSA) is 83.7 Å². The number of aryl methyl sites for hydroxylation is 1. The molecule has 1 aromatic carbocycles. The third-order valence-corrected chi connectivity index (χ3v) is 4.27. The van der Waals surface area contributed by atoms with E-state index in [0.717, 1.165) is 17.7 Å². The van der Waals surface area contributed by atoms with Crippen molar-refractivity contribution < 1.29 is 4.79 Å². The van der Waals surface area contributed by atoms with Gasteiger partial charge in [-0.2, -0.15) is 15.3 Å². The fraction of sp³-hybridized carbons (Fsp3) is 0.368. The number of amides is 1. The Hall–Kier alpha value is -3.14. The monoisotopic (exact) mass is 350 g/mol. The standard InChI is InChI=1S/C19H22N6O/c1-3-4-9-19(23-24-19)10-11-20-18(26)16-5-7-17(8-6-16)21-12-15-13-22-25(2)14-15/h1,5-8,13-14,21H,4,9-12H2,2H3,(H,20,26). The molecule has 2 aromatic rings. The molecule has 0 saturated heterocycles. The van der Waals surface area contributed by atoms with Gasteiger partial charge in [0.15, 0.2) is 5.66 Å². The number of nitrogens with zero attached hydrogens (tertiary/aromatic N) is 4. The van der Waals surface area contributed by atoms with Crippen molar-refractivity contribution in [2.45, 2.75) is 31.5 Å². The smallest absolute Gasteiger partial charge is 0.251 e. The van der Waals surface area contributed by atoms with E-state index in [2.05, 4.69) is 31.9 Å². The van der Waals surface area contributed by atoms with Crippen molar-refractivity contribution in [1.29, 1.82) is 0 Å². The largest absolute Gasteiger partial charge is 0.381 e. The van der Waals surface area contributed by atoms with E-state index in [-0.39, 0.29) is 11.6 Å². The van der Waals surface area contributed by atoms with E-state index in [0.29, 0.717) is 31.5 Å². The van der Waals surface area contributed by atoms with Crippen LogP contribution in [0, 0.1) is 12.3 Å². The quantitative estimate of drug-likeness (QED) is 0.682. The lowest BCUT2D eigenvalue weighted by molar-refractivity contribution is 0.0952. The van der Waals surface area contributed by atoms with Gasteiger partial charge < -0.3 is 10.6 Å². The third kappa shape index (κ3) is 4.70. The summed E-state index contributed by atoms with van der Waals surface area (Å²) >= 11 is 0. The Morgan fingerprint density at radius 1 is 1.27 bits per heavy atom. The number of hydrogen-bond donors (Lipinski definition) is 2. The van der Waals surface area contributed by atoms with E-state index in [9.17, 15) is 4.79 Å². The number of rotatable bonds is 9. The number of terminal acetylenes is 1. The molecule has 7 heteroatoms. The van der Waals surface area contributed by atoms with E-state index < -0.39 is 0 Å². The molecule has 0 atom stereocenters. The molecule has 134 valence electrons. The van der Waals surface area contributed by atoms with Crippen molar-refractivity contribution in [2.75, 3.05) is 11.9 Å². The Labute approximate surface area is 152 Å². The second-order valence-corrected chi connectivity index (χ2v) is 6.35. The molecule has 2 N–H and O–H groups in total. The fourth-order valence-corrected chi connectivity index (χ4v) is 2.65. The summed E-state index contributed by atoms with van der Waals surface area (Å²) in [5.41, 5.74) is 2.32. The molecule has 1 amide bonds. The zero-order valence-electron chi connectivity index (χ0n) is 14.8. The number of anilines is 1. The second-order valence-electron chi connectivity index (χ2n) is 6.35. The van der Waals surface area contributed by atoms with Crippen LogP contribution in [0.2, 0.25) is 0 Å². The first-order chi connectivity index (χ1) is 12.6. The van der Waals surface area contributed by atoms with Crippen LogP contribution >= 0.6 is 0 Å². The number of aromatic nitrogens is 2. The maximum atomic E-state index is 12.2. The summed E-state index contributed by atoms with van der Waals surface area (Å²) in [7, 11) is 1.89. The number of carbonyl (C=O) groups is 1. The van der Waals surface area contributed by atoms with E-state index in [1.165, 1.54) is 0 Å². The number of benzene rings is 1. The van der Waals surface area contributed by atoms with Crippen LogP contribution < -0.4 is 10.6 Å². The van der Waals surface area contributed by atoms with Gasteiger partial charge in [0, 0.05) is 62.4 Å². The summed E-state index contributed by atoms with van der Waals surface area (Å²) < 4.78 is 1.77. The molecule has 7 nitrogen and oxygen atoms in total. The van der Waals surface area contributed by atoms with Gasteiger partial charge in [-0.25, -0.2) is 0 Å². The van der Waals surface area contributed by atoms with Crippen LogP contribution in [0.5, 0.6) is 0 Å². The zero-order chi connectivity index (χ0) is 18.4. The summed E-state index contributed by atoms with van der Waals surface area (Å²) in [5, 5.41) is 18.5. The molecule has 1 aromatic heterocycles. The lowest BCUT2D eigenvalue weighted by Gasteiger charge is -2.10. The SMILES string of the molecule is C#CCCC1(CCNC(=O)c2ccc(NCc3cnn(C)c3)cc2)N=N1. The average Bonchev–Trinajstić information content (AvgIpc) is 3.30. The molecule has 1 aliphatic rings. The third-order valence-electron chi connectivity index (χ3n) is 4.27. The van der Waals surface area contributed by atoms with Gasteiger partial charge >= 0.3 is 0 Å². The molecule has 0 aliphatic carbocycles. The van der Waals surface area contributed by atoms with Crippen molar-refractivity contribution in [3.8, 4) is 12.3 Å². The first-order valence-corrected chi connectivity index (χ1v) is 8.57. The normalized spacial score (nSPS) is 13.8. The Morgan fingerprint density at radius 3 is 2.65 bits per heavy atom. The van der Waals surface area contributed by atoms with Crippen molar-refractivity contribution in [3.63, 3.8) is 0 Å². The van der Waals surface area contributed by atoms with Gasteiger partial charge in [-0.15, -0.1) is 12.3 Å². The van der Waals surface area contributed by atoms with Crippen LogP contribution in [0.1, 0.15) is 35.2 Å².